The van der Waals surface area contributed by atoms with Gasteiger partial charge in [-0.1, -0.05) is 11.6 Å². The van der Waals surface area contributed by atoms with Crippen LogP contribution in [0.5, 0.6) is 0 Å². The molecule has 1 unspecified atom stereocenters. The molecule has 2 aromatic rings. The number of hydrogen-bond donors (Lipinski definition) is 1. The van der Waals surface area contributed by atoms with Crippen molar-refractivity contribution in [2.75, 3.05) is 23.3 Å². The minimum Gasteiger partial charge on any atom is -0.353 e. The van der Waals surface area contributed by atoms with Crippen LogP contribution in [0.25, 0.3) is 0 Å². The predicted molar refractivity (Wildman–Crippen MR) is 81.6 cm³/mol. The third-order valence-electron chi connectivity index (χ3n) is 3.49. The lowest BCUT2D eigenvalue weighted by Crippen LogP contribution is -2.22. The van der Waals surface area contributed by atoms with E-state index in [1.165, 1.54) is 6.92 Å². The summed E-state index contributed by atoms with van der Waals surface area (Å²) in [5.41, 5.74) is 0. The van der Waals surface area contributed by atoms with Crippen LogP contribution < -0.4 is 10.2 Å². The van der Waals surface area contributed by atoms with Crippen LogP contribution >= 0.6 is 11.6 Å². The molecule has 2 aromatic heterocycles. The SMILES string of the molecule is CC(=O)Nc1ccn(C2CCN(c3ncccc3Cl)C2)n1. The van der Waals surface area contributed by atoms with Crippen molar-refractivity contribution in [1.82, 2.24) is 14.8 Å². The monoisotopic (exact) mass is 305 g/mol. The quantitative estimate of drug-likeness (QED) is 0.945. The Hall–Kier alpha value is -2.08. The molecule has 1 aliphatic rings. The fourth-order valence-electron chi connectivity index (χ4n) is 2.55. The van der Waals surface area contributed by atoms with Gasteiger partial charge in [0.2, 0.25) is 5.91 Å². The summed E-state index contributed by atoms with van der Waals surface area (Å²) in [6.07, 6.45) is 4.60. The van der Waals surface area contributed by atoms with Crippen molar-refractivity contribution in [3.8, 4) is 0 Å². The second-order valence-corrected chi connectivity index (χ2v) is 5.47. The van der Waals surface area contributed by atoms with Crippen molar-refractivity contribution in [2.24, 2.45) is 0 Å². The number of amides is 1. The minimum absolute atomic E-state index is 0.117. The van der Waals surface area contributed by atoms with Gasteiger partial charge in [0.15, 0.2) is 5.82 Å². The highest BCUT2D eigenvalue weighted by Crippen LogP contribution is 2.30. The maximum absolute atomic E-state index is 11.0. The van der Waals surface area contributed by atoms with Gasteiger partial charge in [-0.3, -0.25) is 9.48 Å². The first kappa shape index (κ1) is 13.9. The van der Waals surface area contributed by atoms with Gasteiger partial charge in [0, 0.05) is 38.5 Å². The summed E-state index contributed by atoms with van der Waals surface area (Å²) >= 11 is 6.19. The van der Waals surface area contributed by atoms with E-state index >= 15 is 0 Å². The summed E-state index contributed by atoms with van der Waals surface area (Å²) < 4.78 is 1.89. The van der Waals surface area contributed by atoms with Crippen LogP contribution in [0.2, 0.25) is 5.02 Å². The highest BCUT2D eigenvalue weighted by Gasteiger charge is 2.26. The van der Waals surface area contributed by atoms with Gasteiger partial charge < -0.3 is 10.2 Å². The van der Waals surface area contributed by atoms with E-state index in [0.29, 0.717) is 10.8 Å². The van der Waals surface area contributed by atoms with Gasteiger partial charge >= 0.3 is 0 Å². The molecule has 1 atom stereocenters. The topological polar surface area (TPSA) is 63.1 Å². The molecule has 1 amide bonds. The van der Waals surface area contributed by atoms with E-state index in [4.69, 9.17) is 11.6 Å². The molecule has 1 fully saturated rings. The molecule has 0 saturated carbocycles. The zero-order chi connectivity index (χ0) is 14.8. The molecule has 3 heterocycles. The van der Waals surface area contributed by atoms with Crippen molar-refractivity contribution >= 4 is 29.1 Å². The molecule has 3 rings (SSSR count). The Labute approximate surface area is 127 Å². The van der Waals surface area contributed by atoms with Crippen molar-refractivity contribution in [2.45, 2.75) is 19.4 Å². The molecule has 1 aliphatic heterocycles. The molecule has 110 valence electrons. The van der Waals surface area contributed by atoms with Gasteiger partial charge in [0.05, 0.1) is 11.1 Å². The number of hydrogen-bond acceptors (Lipinski definition) is 4. The van der Waals surface area contributed by atoms with Crippen LogP contribution in [0.4, 0.5) is 11.6 Å². The summed E-state index contributed by atoms with van der Waals surface area (Å²) in [5, 5.41) is 7.73. The fraction of sp³-hybridized carbons (Fsp3) is 0.357. The summed E-state index contributed by atoms with van der Waals surface area (Å²) in [5.74, 6) is 1.28. The fourth-order valence-corrected chi connectivity index (χ4v) is 2.79. The molecule has 0 bridgehead atoms. The van der Waals surface area contributed by atoms with E-state index in [1.54, 1.807) is 12.3 Å². The van der Waals surface area contributed by atoms with Gasteiger partial charge in [-0.25, -0.2) is 4.98 Å². The van der Waals surface area contributed by atoms with E-state index in [0.717, 1.165) is 25.3 Å². The summed E-state index contributed by atoms with van der Waals surface area (Å²) in [6, 6.07) is 5.73. The molecular formula is C14H16ClN5O. The third-order valence-corrected chi connectivity index (χ3v) is 3.78. The molecule has 1 N–H and O–H groups in total. The molecule has 1 saturated heterocycles. The maximum Gasteiger partial charge on any atom is 0.222 e. The van der Waals surface area contributed by atoms with Crippen LogP contribution in [-0.2, 0) is 4.79 Å². The Morgan fingerprint density at radius 1 is 1.48 bits per heavy atom. The van der Waals surface area contributed by atoms with Gasteiger partial charge in [-0.15, -0.1) is 0 Å². The van der Waals surface area contributed by atoms with Crippen molar-refractivity contribution < 1.29 is 4.79 Å². The number of pyridine rings is 1. The second kappa shape index (κ2) is 5.73. The highest BCUT2D eigenvalue weighted by molar-refractivity contribution is 6.32. The van der Waals surface area contributed by atoms with Crippen LogP contribution in [0, 0.1) is 0 Å². The molecular weight excluding hydrogens is 290 g/mol. The number of nitrogens with zero attached hydrogens (tertiary/aromatic N) is 4. The molecule has 0 aromatic carbocycles. The van der Waals surface area contributed by atoms with Crippen molar-refractivity contribution in [1.29, 1.82) is 0 Å². The Morgan fingerprint density at radius 2 is 2.33 bits per heavy atom. The van der Waals surface area contributed by atoms with E-state index in [9.17, 15) is 4.79 Å². The lowest BCUT2D eigenvalue weighted by Gasteiger charge is -2.18. The Morgan fingerprint density at radius 3 is 3.10 bits per heavy atom. The summed E-state index contributed by atoms with van der Waals surface area (Å²) in [7, 11) is 0. The number of nitrogens with one attached hydrogen (secondary N) is 1. The average Bonchev–Trinajstić information content (AvgIpc) is 3.07. The normalized spacial score (nSPS) is 18.0. The molecule has 7 heteroatoms. The van der Waals surface area contributed by atoms with E-state index < -0.39 is 0 Å². The Kier molecular flexibility index (Phi) is 3.79. The van der Waals surface area contributed by atoms with E-state index in [-0.39, 0.29) is 11.9 Å². The Bertz CT molecular complexity index is 656. The first-order chi connectivity index (χ1) is 10.1. The smallest absolute Gasteiger partial charge is 0.222 e. The summed E-state index contributed by atoms with van der Waals surface area (Å²) in [6.45, 7) is 3.16. The van der Waals surface area contributed by atoms with E-state index in [2.05, 4.69) is 20.3 Å². The zero-order valence-corrected chi connectivity index (χ0v) is 12.4. The predicted octanol–water partition coefficient (Wildman–Crippen LogP) is 2.34. The van der Waals surface area contributed by atoms with Gasteiger partial charge in [0.1, 0.15) is 5.82 Å². The Balaban J connectivity index is 1.71. The van der Waals surface area contributed by atoms with Gasteiger partial charge in [-0.05, 0) is 18.6 Å². The van der Waals surface area contributed by atoms with Crippen LogP contribution in [-0.4, -0.2) is 33.8 Å². The number of halogens is 1. The maximum atomic E-state index is 11.0. The lowest BCUT2D eigenvalue weighted by atomic mass is 10.3. The molecule has 21 heavy (non-hydrogen) atoms. The van der Waals surface area contributed by atoms with Gasteiger partial charge in [0.25, 0.3) is 0 Å². The van der Waals surface area contributed by atoms with Crippen LogP contribution in [0.1, 0.15) is 19.4 Å². The van der Waals surface area contributed by atoms with Crippen molar-refractivity contribution in [3.63, 3.8) is 0 Å². The highest BCUT2D eigenvalue weighted by atomic mass is 35.5. The van der Waals surface area contributed by atoms with Gasteiger partial charge in [-0.2, -0.15) is 5.10 Å². The van der Waals surface area contributed by atoms with Crippen LogP contribution in [0.15, 0.2) is 30.6 Å². The number of rotatable bonds is 3. The standard InChI is InChI=1S/C14H16ClN5O/c1-10(21)17-13-5-8-20(18-13)11-4-7-19(9-11)14-12(15)3-2-6-16-14/h2-3,5-6,8,11H,4,7,9H2,1H3,(H,17,18,21). The number of carbonyl (C=O) groups excluding carboxylic acids is 1. The second-order valence-electron chi connectivity index (χ2n) is 5.06. The number of anilines is 2. The molecule has 6 nitrogen and oxygen atoms in total. The molecule has 0 aliphatic carbocycles. The minimum atomic E-state index is -0.117. The lowest BCUT2D eigenvalue weighted by molar-refractivity contribution is -0.114. The molecule has 0 spiro atoms. The average molecular weight is 306 g/mol. The zero-order valence-electron chi connectivity index (χ0n) is 11.7. The van der Waals surface area contributed by atoms with Crippen molar-refractivity contribution in [3.05, 3.63) is 35.6 Å². The number of aromatic nitrogens is 3. The third kappa shape index (κ3) is 3.00. The summed E-state index contributed by atoms with van der Waals surface area (Å²) in [4.78, 5) is 17.5. The first-order valence-corrected chi connectivity index (χ1v) is 7.19. The van der Waals surface area contributed by atoms with Crippen LogP contribution in [0.3, 0.4) is 0 Å². The van der Waals surface area contributed by atoms with E-state index in [1.807, 2.05) is 23.0 Å². The largest absolute Gasteiger partial charge is 0.353 e. The first-order valence-electron chi connectivity index (χ1n) is 6.81. The molecule has 0 radical (unpaired) electrons. The number of carbonyl (C=O) groups is 1.